The van der Waals surface area contributed by atoms with E-state index in [2.05, 4.69) is 5.32 Å². The molecular weight excluding hydrogens is 316 g/mol. The first-order valence-electron chi connectivity index (χ1n) is 7.38. The highest BCUT2D eigenvalue weighted by Gasteiger charge is 2.22. The minimum absolute atomic E-state index is 0.141. The zero-order valence-electron chi connectivity index (χ0n) is 13.5. The van der Waals surface area contributed by atoms with Crippen LogP contribution < -0.4 is 5.32 Å². The Morgan fingerprint density at radius 1 is 1.26 bits per heavy atom. The number of thioether (sulfide) groups is 1. The summed E-state index contributed by atoms with van der Waals surface area (Å²) in [5.74, 6) is -1.34. The summed E-state index contributed by atoms with van der Waals surface area (Å²) in [6, 6.07) is 7.17. The molecule has 2 amide bonds. The second-order valence-electron chi connectivity index (χ2n) is 5.12. The van der Waals surface area contributed by atoms with E-state index in [1.165, 1.54) is 23.6 Å². The maximum absolute atomic E-state index is 12.4. The van der Waals surface area contributed by atoms with Gasteiger partial charge < -0.3 is 15.3 Å². The molecule has 0 aliphatic carbocycles. The topological polar surface area (TPSA) is 86.7 Å². The van der Waals surface area contributed by atoms with Crippen molar-refractivity contribution < 1.29 is 19.5 Å². The maximum Gasteiger partial charge on any atom is 0.323 e. The standard InChI is InChI=1S/C16H22N2O4S/c1-4-9-18(10-15(20)21)16(22)11(2)23-14-7-5-13(6-8-14)17-12(3)19/h5-8,11H,4,9-10H2,1-3H3,(H,17,19)(H,20,21). The van der Waals surface area contributed by atoms with Crippen molar-refractivity contribution in [2.45, 2.75) is 37.3 Å². The lowest BCUT2D eigenvalue weighted by atomic mass is 10.3. The molecule has 0 heterocycles. The molecule has 0 aromatic heterocycles. The highest BCUT2D eigenvalue weighted by Crippen LogP contribution is 2.26. The number of nitrogens with one attached hydrogen (secondary N) is 1. The average Bonchev–Trinajstić information content (AvgIpc) is 2.47. The van der Waals surface area contributed by atoms with Gasteiger partial charge in [0.05, 0.1) is 5.25 Å². The number of carbonyl (C=O) groups is 3. The van der Waals surface area contributed by atoms with Gasteiger partial charge in [0, 0.05) is 24.1 Å². The van der Waals surface area contributed by atoms with Gasteiger partial charge in [0.2, 0.25) is 11.8 Å². The number of nitrogens with zero attached hydrogens (tertiary/aromatic N) is 1. The number of carbonyl (C=O) groups excluding carboxylic acids is 2. The van der Waals surface area contributed by atoms with Crippen molar-refractivity contribution in [3.05, 3.63) is 24.3 Å². The van der Waals surface area contributed by atoms with Gasteiger partial charge in [-0.2, -0.15) is 0 Å². The van der Waals surface area contributed by atoms with Gasteiger partial charge in [-0.25, -0.2) is 0 Å². The largest absolute Gasteiger partial charge is 0.480 e. The highest BCUT2D eigenvalue weighted by molar-refractivity contribution is 8.00. The minimum atomic E-state index is -1.01. The molecule has 23 heavy (non-hydrogen) atoms. The Labute approximate surface area is 140 Å². The molecule has 6 nitrogen and oxygen atoms in total. The predicted octanol–water partition coefficient (Wildman–Crippen LogP) is 2.45. The summed E-state index contributed by atoms with van der Waals surface area (Å²) in [7, 11) is 0. The normalized spacial score (nSPS) is 11.6. The number of aliphatic carboxylic acids is 1. The van der Waals surface area contributed by atoms with E-state index in [4.69, 9.17) is 5.11 Å². The van der Waals surface area contributed by atoms with Crippen LogP contribution >= 0.6 is 11.8 Å². The first-order valence-corrected chi connectivity index (χ1v) is 8.26. The van der Waals surface area contributed by atoms with E-state index in [-0.39, 0.29) is 23.6 Å². The van der Waals surface area contributed by atoms with Gasteiger partial charge >= 0.3 is 5.97 Å². The average molecular weight is 338 g/mol. The van der Waals surface area contributed by atoms with Crippen LogP contribution in [-0.2, 0) is 14.4 Å². The van der Waals surface area contributed by atoms with Crippen molar-refractivity contribution >= 4 is 35.2 Å². The van der Waals surface area contributed by atoms with Crippen LogP contribution in [0.4, 0.5) is 5.69 Å². The van der Waals surface area contributed by atoms with E-state index < -0.39 is 5.97 Å². The van der Waals surface area contributed by atoms with E-state index in [0.717, 1.165) is 4.90 Å². The first kappa shape index (κ1) is 19.0. The number of amides is 2. The van der Waals surface area contributed by atoms with Gasteiger partial charge in [-0.15, -0.1) is 11.8 Å². The number of rotatable bonds is 8. The summed E-state index contributed by atoms with van der Waals surface area (Å²) in [6.07, 6.45) is 0.710. The van der Waals surface area contributed by atoms with Gasteiger partial charge in [0.15, 0.2) is 0 Å². The molecule has 0 aliphatic heterocycles. The Morgan fingerprint density at radius 3 is 2.35 bits per heavy atom. The van der Waals surface area contributed by atoms with Crippen molar-refractivity contribution in [2.75, 3.05) is 18.4 Å². The summed E-state index contributed by atoms with van der Waals surface area (Å²) >= 11 is 1.36. The third-order valence-corrected chi connectivity index (χ3v) is 4.07. The van der Waals surface area contributed by atoms with Crippen LogP contribution in [0.1, 0.15) is 27.2 Å². The van der Waals surface area contributed by atoms with E-state index in [0.29, 0.717) is 18.7 Å². The van der Waals surface area contributed by atoms with Gasteiger partial charge in [-0.05, 0) is 37.6 Å². The van der Waals surface area contributed by atoms with Crippen LogP contribution in [0.2, 0.25) is 0 Å². The first-order chi connectivity index (χ1) is 10.8. The minimum Gasteiger partial charge on any atom is -0.480 e. The Hall–Kier alpha value is -2.02. The Bertz CT molecular complexity index is 560. The van der Waals surface area contributed by atoms with E-state index in [9.17, 15) is 14.4 Å². The summed E-state index contributed by atoms with van der Waals surface area (Å²) < 4.78 is 0. The zero-order valence-corrected chi connectivity index (χ0v) is 14.4. The van der Waals surface area contributed by atoms with Crippen LogP contribution in [0.3, 0.4) is 0 Å². The fourth-order valence-corrected chi connectivity index (χ4v) is 2.98. The lowest BCUT2D eigenvalue weighted by molar-refractivity contribution is -0.144. The lowest BCUT2D eigenvalue weighted by Crippen LogP contribution is -2.40. The third-order valence-electron chi connectivity index (χ3n) is 2.97. The van der Waals surface area contributed by atoms with Crippen LogP contribution in [0.15, 0.2) is 29.2 Å². The van der Waals surface area contributed by atoms with Crippen molar-refractivity contribution in [3.8, 4) is 0 Å². The second kappa shape index (κ2) is 9.19. The third kappa shape index (κ3) is 6.73. The van der Waals surface area contributed by atoms with Crippen LogP contribution in [-0.4, -0.2) is 46.1 Å². The number of anilines is 1. The fourth-order valence-electron chi connectivity index (χ4n) is 2.03. The van der Waals surface area contributed by atoms with Gasteiger partial charge in [-0.3, -0.25) is 14.4 Å². The Morgan fingerprint density at radius 2 is 1.87 bits per heavy atom. The monoisotopic (exact) mass is 338 g/mol. The number of hydrogen-bond donors (Lipinski definition) is 2. The molecule has 0 saturated carbocycles. The van der Waals surface area contributed by atoms with Crippen molar-refractivity contribution in [1.29, 1.82) is 0 Å². The smallest absolute Gasteiger partial charge is 0.323 e. The zero-order chi connectivity index (χ0) is 17.4. The van der Waals surface area contributed by atoms with Crippen molar-refractivity contribution in [1.82, 2.24) is 4.90 Å². The molecule has 0 bridgehead atoms. The number of carboxylic acids is 1. The number of carboxylic acid groups (broad SMARTS) is 1. The molecule has 1 atom stereocenters. The summed E-state index contributed by atoms with van der Waals surface area (Å²) in [5, 5.41) is 11.2. The molecule has 2 N–H and O–H groups in total. The summed E-state index contributed by atoms with van der Waals surface area (Å²) in [5.41, 5.74) is 0.694. The molecule has 7 heteroatoms. The molecule has 0 saturated heterocycles. The molecule has 1 aromatic rings. The molecule has 0 spiro atoms. The highest BCUT2D eigenvalue weighted by atomic mass is 32.2. The van der Waals surface area contributed by atoms with Gasteiger partial charge in [-0.1, -0.05) is 6.92 Å². The van der Waals surface area contributed by atoms with Gasteiger partial charge in [0.1, 0.15) is 6.54 Å². The van der Waals surface area contributed by atoms with E-state index >= 15 is 0 Å². The van der Waals surface area contributed by atoms with Crippen LogP contribution in [0.25, 0.3) is 0 Å². The molecule has 0 radical (unpaired) electrons. The van der Waals surface area contributed by atoms with Gasteiger partial charge in [0.25, 0.3) is 0 Å². The number of benzene rings is 1. The Kier molecular flexibility index (Phi) is 7.61. The molecule has 0 aliphatic rings. The molecule has 1 unspecified atom stereocenters. The quantitative estimate of drug-likeness (QED) is 0.711. The van der Waals surface area contributed by atoms with E-state index in [1.807, 2.05) is 19.1 Å². The molecule has 0 fully saturated rings. The second-order valence-corrected chi connectivity index (χ2v) is 6.53. The van der Waals surface area contributed by atoms with Crippen LogP contribution in [0, 0.1) is 0 Å². The SMILES string of the molecule is CCCN(CC(=O)O)C(=O)C(C)Sc1ccc(NC(C)=O)cc1. The maximum atomic E-state index is 12.4. The summed E-state index contributed by atoms with van der Waals surface area (Å²) in [4.78, 5) is 36.5. The summed E-state index contributed by atoms with van der Waals surface area (Å²) in [6.45, 7) is 5.25. The fraction of sp³-hybridized carbons (Fsp3) is 0.438. The molecule has 1 rings (SSSR count). The van der Waals surface area contributed by atoms with Crippen molar-refractivity contribution in [2.24, 2.45) is 0 Å². The Balaban J connectivity index is 2.69. The molecule has 126 valence electrons. The van der Waals surface area contributed by atoms with Crippen molar-refractivity contribution in [3.63, 3.8) is 0 Å². The predicted molar refractivity (Wildman–Crippen MR) is 90.6 cm³/mol. The number of hydrogen-bond acceptors (Lipinski definition) is 4. The molecule has 1 aromatic carbocycles. The van der Waals surface area contributed by atoms with Crippen LogP contribution in [0.5, 0.6) is 0 Å². The molecular formula is C16H22N2O4S. The van der Waals surface area contributed by atoms with E-state index in [1.54, 1.807) is 19.1 Å². The lowest BCUT2D eigenvalue weighted by Gasteiger charge is -2.23.